The number of hydrogen-bond donors (Lipinski definition) is 0. The predicted molar refractivity (Wildman–Crippen MR) is 129 cm³/mol. The zero-order valence-corrected chi connectivity index (χ0v) is 19.3. The van der Waals surface area contributed by atoms with Gasteiger partial charge in [0.05, 0.1) is 18.1 Å². The Morgan fingerprint density at radius 3 is 2.45 bits per heavy atom. The van der Waals surface area contributed by atoms with E-state index < -0.39 is 0 Å². The van der Waals surface area contributed by atoms with Crippen molar-refractivity contribution < 1.29 is 4.39 Å². The smallest absolute Gasteiger partial charge is 0.254 e. The van der Waals surface area contributed by atoms with Crippen molar-refractivity contribution in [2.75, 3.05) is 0 Å². The lowest BCUT2D eigenvalue weighted by molar-refractivity contribution is 0.597. The topological polar surface area (TPSA) is 39.8 Å². The van der Waals surface area contributed by atoms with E-state index in [-0.39, 0.29) is 17.4 Å². The number of imidazole rings is 1. The fourth-order valence-electron chi connectivity index (χ4n) is 4.53. The summed E-state index contributed by atoms with van der Waals surface area (Å²) in [6.07, 6.45) is 8.76. The summed E-state index contributed by atoms with van der Waals surface area (Å²) in [4.78, 5) is 17.8. The zero-order chi connectivity index (χ0) is 23.1. The van der Waals surface area contributed by atoms with Gasteiger partial charge in [0.25, 0.3) is 5.56 Å². The van der Waals surface area contributed by atoms with Crippen molar-refractivity contribution in [3.8, 4) is 5.69 Å². The molecule has 2 heterocycles. The number of halogens is 1. The van der Waals surface area contributed by atoms with E-state index in [1.165, 1.54) is 30.5 Å². The molecule has 2 aromatic heterocycles. The van der Waals surface area contributed by atoms with Crippen LogP contribution in [-0.4, -0.2) is 14.1 Å². The SMILES string of the molecule is Cc1cn(-c2ccc(Cc3cc(C4CC4)cn([C@@H](C)c4ccc(F)cc4)c3=O)cc2C)cn1. The van der Waals surface area contributed by atoms with Crippen LogP contribution in [0.4, 0.5) is 4.39 Å². The lowest BCUT2D eigenvalue weighted by Crippen LogP contribution is -2.27. The fraction of sp³-hybridized carbons (Fsp3) is 0.286. The van der Waals surface area contributed by atoms with Gasteiger partial charge in [0, 0.05) is 30.1 Å². The Balaban J connectivity index is 1.50. The van der Waals surface area contributed by atoms with Gasteiger partial charge in [-0.2, -0.15) is 0 Å². The van der Waals surface area contributed by atoms with Gasteiger partial charge in [0.1, 0.15) is 5.82 Å². The Bertz CT molecular complexity index is 1360. The van der Waals surface area contributed by atoms with Gasteiger partial charge < -0.3 is 9.13 Å². The summed E-state index contributed by atoms with van der Waals surface area (Å²) in [6.45, 7) is 6.07. The first-order chi connectivity index (χ1) is 15.9. The van der Waals surface area contributed by atoms with Crippen LogP contribution in [0, 0.1) is 19.7 Å². The zero-order valence-electron chi connectivity index (χ0n) is 19.3. The summed E-state index contributed by atoms with van der Waals surface area (Å²) in [5.74, 6) is 0.264. The molecule has 0 saturated heterocycles. The van der Waals surface area contributed by atoms with E-state index in [0.717, 1.165) is 33.6 Å². The van der Waals surface area contributed by atoms with Crippen molar-refractivity contribution in [3.63, 3.8) is 0 Å². The highest BCUT2D eigenvalue weighted by Gasteiger charge is 2.26. The molecule has 0 unspecified atom stereocenters. The van der Waals surface area contributed by atoms with Gasteiger partial charge in [-0.3, -0.25) is 4.79 Å². The molecule has 1 atom stereocenters. The monoisotopic (exact) mass is 441 g/mol. The molecule has 2 aromatic carbocycles. The van der Waals surface area contributed by atoms with E-state index in [4.69, 9.17) is 0 Å². The molecule has 1 saturated carbocycles. The summed E-state index contributed by atoms with van der Waals surface area (Å²) >= 11 is 0. The second-order valence-corrected chi connectivity index (χ2v) is 9.23. The van der Waals surface area contributed by atoms with Gasteiger partial charge in [-0.15, -0.1) is 0 Å². The Morgan fingerprint density at radius 2 is 1.82 bits per heavy atom. The number of hydrogen-bond acceptors (Lipinski definition) is 2. The summed E-state index contributed by atoms with van der Waals surface area (Å²) < 4.78 is 17.3. The van der Waals surface area contributed by atoms with E-state index in [0.29, 0.717) is 12.3 Å². The molecule has 0 aliphatic heterocycles. The molecule has 0 bridgehead atoms. The molecule has 1 aliphatic carbocycles. The molecule has 0 amide bonds. The second-order valence-electron chi connectivity index (χ2n) is 9.23. The second kappa shape index (κ2) is 8.47. The number of aryl methyl sites for hydroxylation is 2. The molecule has 0 radical (unpaired) electrons. The van der Waals surface area contributed by atoms with Crippen molar-refractivity contribution in [3.05, 3.63) is 117 Å². The number of aromatic nitrogens is 3. The Hall–Kier alpha value is -3.47. The molecule has 168 valence electrons. The van der Waals surface area contributed by atoms with Gasteiger partial charge >= 0.3 is 0 Å². The lowest BCUT2D eigenvalue weighted by Gasteiger charge is -2.19. The maximum Gasteiger partial charge on any atom is 0.254 e. The van der Waals surface area contributed by atoms with Crippen LogP contribution in [0.15, 0.2) is 72.0 Å². The number of rotatable bonds is 6. The van der Waals surface area contributed by atoms with E-state index in [1.807, 2.05) is 41.7 Å². The Kier molecular flexibility index (Phi) is 5.49. The van der Waals surface area contributed by atoms with Crippen molar-refractivity contribution in [1.82, 2.24) is 14.1 Å². The maximum absolute atomic E-state index is 13.5. The normalized spacial score (nSPS) is 14.4. The lowest BCUT2D eigenvalue weighted by atomic mass is 10.00. The Morgan fingerprint density at radius 1 is 1.06 bits per heavy atom. The third kappa shape index (κ3) is 4.40. The van der Waals surface area contributed by atoms with E-state index in [1.54, 1.807) is 12.1 Å². The third-order valence-electron chi connectivity index (χ3n) is 6.60. The molecular weight excluding hydrogens is 413 g/mol. The van der Waals surface area contributed by atoms with Gasteiger partial charge in [-0.1, -0.05) is 24.3 Å². The molecule has 1 aliphatic rings. The predicted octanol–water partition coefficient (Wildman–Crippen LogP) is 5.87. The standard InChI is InChI=1S/C28H28FN3O/c1-18-12-21(4-11-27(18)31-15-19(2)30-17-31)13-24-14-25(23-5-6-23)16-32(28(24)33)20(3)22-7-9-26(29)10-8-22/h4,7-12,14-17,20,23H,5-6,13H2,1-3H3/t20-/m0/s1. The van der Waals surface area contributed by atoms with Gasteiger partial charge in [0.15, 0.2) is 0 Å². The van der Waals surface area contributed by atoms with Crippen LogP contribution in [0.5, 0.6) is 0 Å². The first-order valence-electron chi connectivity index (χ1n) is 11.5. The molecule has 5 heteroatoms. The number of benzene rings is 2. The molecule has 1 fully saturated rings. The van der Waals surface area contributed by atoms with Crippen molar-refractivity contribution in [2.24, 2.45) is 0 Å². The minimum Gasteiger partial charge on any atom is -0.308 e. The molecule has 0 N–H and O–H groups in total. The Labute approximate surface area is 193 Å². The minimum atomic E-state index is -0.268. The van der Waals surface area contributed by atoms with E-state index in [9.17, 15) is 9.18 Å². The highest BCUT2D eigenvalue weighted by atomic mass is 19.1. The maximum atomic E-state index is 13.5. The average molecular weight is 442 g/mol. The average Bonchev–Trinajstić information content (AvgIpc) is 3.56. The van der Waals surface area contributed by atoms with Crippen LogP contribution in [0.1, 0.15) is 65.2 Å². The van der Waals surface area contributed by atoms with Gasteiger partial charge in [0.2, 0.25) is 0 Å². The molecule has 4 nitrogen and oxygen atoms in total. The number of pyridine rings is 1. The van der Waals surface area contributed by atoms with Crippen molar-refractivity contribution in [1.29, 1.82) is 0 Å². The number of nitrogens with zero attached hydrogens (tertiary/aromatic N) is 3. The quantitative estimate of drug-likeness (QED) is 0.376. The largest absolute Gasteiger partial charge is 0.308 e. The molecule has 5 rings (SSSR count). The van der Waals surface area contributed by atoms with Crippen LogP contribution in [0.25, 0.3) is 5.69 Å². The van der Waals surface area contributed by atoms with Crippen molar-refractivity contribution in [2.45, 2.75) is 52.0 Å². The fourth-order valence-corrected chi connectivity index (χ4v) is 4.53. The molecule has 4 aromatic rings. The summed E-state index contributed by atoms with van der Waals surface area (Å²) in [7, 11) is 0. The first-order valence-corrected chi connectivity index (χ1v) is 11.5. The molecule has 0 spiro atoms. The van der Waals surface area contributed by atoms with Gasteiger partial charge in [-0.25, -0.2) is 9.37 Å². The van der Waals surface area contributed by atoms with Crippen molar-refractivity contribution >= 4 is 0 Å². The minimum absolute atomic E-state index is 0.0168. The first kappa shape index (κ1) is 21.4. The summed E-state index contributed by atoms with van der Waals surface area (Å²) in [6, 6.07) is 14.7. The van der Waals surface area contributed by atoms with Gasteiger partial charge in [-0.05, 0) is 86.1 Å². The van der Waals surface area contributed by atoms with Crippen LogP contribution in [-0.2, 0) is 6.42 Å². The summed E-state index contributed by atoms with van der Waals surface area (Å²) in [5.41, 5.74) is 7.29. The molecular formula is C28H28FN3O. The van der Waals surface area contributed by atoms with E-state index in [2.05, 4.69) is 36.2 Å². The highest BCUT2D eigenvalue weighted by molar-refractivity contribution is 5.44. The summed E-state index contributed by atoms with van der Waals surface area (Å²) in [5, 5.41) is 0. The van der Waals surface area contributed by atoms with E-state index >= 15 is 0 Å². The van der Waals surface area contributed by atoms with Crippen LogP contribution in [0.2, 0.25) is 0 Å². The van der Waals surface area contributed by atoms with Crippen LogP contribution >= 0.6 is 0 Å². The van der Waals surface area contributed by atoms with Crippen LogP contribution < -0.4 is 5.56 Å². The third-order valence-corrected chi connectivity index (χ3v) is 6.60. The molecule has 33 heavy (non-hydrogen) atoms. The highest BCUT2D eigenvalue weighted by Crippen LogP contribution is 2.40. The van der Waals surface area contributed by atoms with Crippen LogP contribution in [0.3, 0.4) is 0 Å².